The number of anilines is 1. The molecule has 2 nitrogen and oxygen atoms in total. The molecule has 0 unspecified atom stereocenters. The van der Waals surface area contributed by atoms with Crippen molar-refractivity contribution in [2.45, 2.75) is 32.7 Å². The Morgan fingerprint density at radius 2 is 1.81 bits per heavy atom. The molecular formula is C25H27N2+. The standard InChI is InChI=1S/C25H27N2/c1-3-26-18-16-20(22-12-5-7-14-24(22)26)10-9-11-21-17-19-27(4-2)25-15-8-6-13-23(21)25/h5-10,12-19,21H,3-4,11H2,1-2H3/q+1/t21-/m1/s1. The molecule has 0 bridgehead atoms. The number of hydrogen-bond acceptors (Lipinski definition) is 1. The third-order valence-electron chi connectivity index (χ3n) is 5.47. The summed E-state index contributed by atoms with van der Waals surface area (Å²) in [5.41, 5.74) is 5.35. The maximum absolute atomic E-state index is 2.34. The number of aromatic nitrogens is 1. The van der Waals surface area contributed by atoms with Crippen molar-refractivity contribution in [1.29, 1.82) is 0 Å². The Bertz CT molecular complexity index is 1000. The molecule has 4 rings (SSSR count). The number of aryl methyl sites for hydroxylation is 1. The molecule has 1 aliphatic rings. The summed E-state index contributed by atoms with van der Waals surface area (Å²) >= 11 is 0. The highest BCUT2D eigenvalue weighted by atomic mass is 15.1. The monoisotopic (exact) mass is 355 g/mol. The summed E-state index contributed by atoms with van der Waals surface area (Å²) in [7, 11) is 0. The normalized spacial score (nSPS) is 16.2. The van der Waals surface area contributed by atoms with Crippen LogP contribution in [0.1, 0.15) is 37.3 Å². The van der Waals surface area contributed by atoms with Gasteiger partial charge in [0, 0.05) is 36.5 Å². The third kappa shape index (κ3) is 3.40. The average molecular weight is 356 g/mol. The van der Waals surface area contributed by atoms with Crippen molar-refractivity contribution in [2.75, 3.05) is 11.4 Å². The fourth-order valence-corrected chi connectivity index (χ4v) is 4.01. The predicted octanol–water partition coefficient (Wildman–Crippen LogP) is 5.69. The molecule has 3 aromatic rings. The van der Waals surface area contributed by atoms with Gasteiger partial charge in [0.2, 0.25) is 5.52 Å². The van der Waals surface area contributed by atoms with E-state index in [1.807, 2.05) is 0 Å². The summed E-state index contributed by atoms with van der Waals surface area (Å²) in [6, 6.07) is 19.7. The van der Waals surface area contributed by atoms with E-state index >= 15 is 0 Å². The number of pyridine rings is 1. The molecule has 0 spiro atoms. The Kier molecular flexibility index (Phi) is 5.06. The van der Waals surface area contributed by atoms with Crippen molar-refractivity contribution >= 4 is 22.7 Å². The van der Waals surface area contributed by atoms with Gasteiger partial charge in [-0.2, -0.15) is 4.57 Å². The molecule has 0 saturated heterocycles. The molecule has 2 heteroatoms. The van der Waals surface area contributed by atoms with Gasteiger partial charge in [0.1, 0.15) is 6.54 Å². The van der Waals surface area contributed by atoms with E-state index in [-0.39, 0.29) is 0 Å². The van der Waals surface area contributed by atoms with Gasteiger partial charge in [0.05, 0.1) is 5.39 Å². The van der Waals surface area contributed by atoms with E-state index in [1.165, 1.54) is 27.7 Å². The molecule has 0 fully saturated rings. The van der Waals surface area contributed by atoms with Gasteiger partial charge in [-0.1, -0.05) is 48.6 Å². The number of rotatable bonds is 5. The lowest BCUT2D eigenvalue weighted by Crippen LogP contribution is -2.32. The van der Waals surface area contributed by atoms with Gasteiger partial charge >= 0.3 is 0 Å². The van der Waals surface area contributed by atoms with E-state index in [2.05, 4.69) is 109 Å². The first-order valence-corrected chi connectivity index (χ1v) is 9.93. The zero-order valence-electron chi connectivity index (χ0n) is 16.2. The molecule has 0 radical (unpaired) electrons. The molecule has 1 aromatic heterocycles. The minimum atomic E-state index is 0.441. The van der Waals surface area contributed by atoms with E-state index in [0.717, 1.165) is 19.5 Å². The second-order valence-electron chi connectivity index (χ2n) is 7.01. The van der Waals surface area contributed by atoms with E-state index in [1.54, 1.807) is 0 Å². The molecule has 2 aromatic carbocycles. The Balaban J connectivity index is 1.60. The van der Waals surface area contributed by atoms with Crippen LogP contribution < -0.4 is 9.47 Å². The van der Waals surface area contributed by atoms with Crippen molar-refractivity contribution in [1.82, 2.24) is 0 Å². The second-order valence-corrected chi connectivity index (χ2v) is 7.01. The lowest BCUT2D eigenvalue weighted by atomic mass is 9.91. The minimum absolute atomic E-state index is 0.441. The first-order chi connectivity index (χ1) is 13.3. The Morgan fingerprint density at radius 1 is 1.00 bits per heavy atom. The van der Waals surface area contributed by atoms with E-state index in [0.29, 0.717) is 5.92 Å². The van der Waals surface area contributed by atoms with Crippen molar-refractivity contribution in [3.05, 3.63) is 90.3 Å². The van der Waals surface area contributed by atoms with Crippen LogP contribution in [0.25, 0.3) is 17.0 Å². The number of para-hydroxylation sites is 2. The van der Waals surface area contributed by atoms with Crippen LogP contribution in [0.3, 0.4) is 0 Å². The number of hydrogen-bond donors (Lipinski definition) is 0. The number of allylic oxidation sites excluding steroid dienone is 2. The van der Waals surface area contributed by atoms with Crippen LogP contribution in [0.2, 0.25) is 0 Å². The zero-order valence-corrected chi connectivity index (χ0v) is 16.2. The second kappa shape index (κ2) is 7.79. The molecule has 0 saturated carbocycles. The van der Waals surface area contributed by atoms with E-state index < -0.39 is 0 Å². The fourth-order valence-electron chi connectivity index (χ4n) is 4.01. The van der Waals surface area contributed by atoms with Crippen LogP contribution in [0.5, 0.6) is 0 Å². The maximum Gasteiger partial charge on any atom is 0.213 e. The van der Waals surface area contributed by atoms with Gasteiger partial charge < -0.3 is 4.90 Å². The molecule has 1 aliphatic heterocycles. The van der Waals surface area contributed by atoms with Crippen molar-refractivity contribution in [3.63, 3.8) is 0 Å². The summed E-state index contributed by atoms with van der Waals surface area (Å²) in [6.45, 7) is 6.38. The smallest absolute Gasteiger partial charge is 0.213 e. The summed E-state index contributed by atoms with van der Waals surface area (Å²) in [5, 5.41) is 1.31. The summed E-state index contributed by atoms with van der Waals surface area (Å²) in [5.74, 6) is 0.441. The fraction of sp³-hybridized carbons (Fsp3) is 0.240. The lowest BCUT2D eigenvalue weighted by Gasteiger charge is -2.29. The minimum Gasteiger partial charge on any atom is -0.348 e. The molecule has 1 atom stereocenters. The molecule has 136 valence electrons. The first-order valence-electron chi connectivity index (χ1n) is 9.93. The number of fused-ring (bicyclic) bond motifs is 2. The number of nitrogens with zero attached hydrogens (tertiary/aromatic N) is 2. The molecule has 0 aliphatic carbocycles. The van der Waals surface area contributed by atoms with Crippen LogP contribution in [0.15, 0.2) is 79.1 Å². The highest BCUT2D eigenvalue weighted by Crippen LogP contribution is 2.35. The Hall–Kier alpha value is -2.87. The van der Waals surface area contributed by atoms with Crippen LogP contribution in [-0.4, -0.2) is 6.54 Å². The Morgan fingerprint density at radius 3 is 2.67 bits per heavy atom. The quantitative estimate of drug-likeness (QED) is 0.533. The zero-order chi connectivity index (χ0) is 18.6. The topological polar surface area (TPSA) is 7.12 Å². The van der Waals surface area contributed by atoms with Crippen LogP contribution >= 0.6 is 0 Å². The molecule has 0 amide bonds. The first kappa shape index (κ1) is 17.5. The van der Waals surface area contributed by atoms with Crippen LogP contribution in [0.4, 0.5) is 5.69 Å². The maximum atomic E-state index is 2.34. The lowest BCUT2D eigenvalue weighted by molar-refractivity contribution is -0.667. The summed E-state index contributed by atoms with van der Waals surface area (Å²) in [6.07, 6.45) is 12.4. The van der Waals surface area contributed by atoms with Gasteiger partial charge in [-0.05, 0) is 43.5 Å². The highest BCUT2D eigenvalue weighted by Gasteiger charge is 2.18. The molecular weight excluding hydrogens is 328 g/mol. The van der Waals surface area contributed by atoms with Gasteiger partial charge in [-0.25, -0.2) is 0 Å². The van der Waals surface area contributed by atoms with Gasteiger partial charge in [-0.3, -0.25) is 0 Å². The predicted molar refractivity (Wildman–Crippen MR) is 115 cm³/mol. The Labute approximate surface area is 162 Å². The largest absolute Gasteiger partial charge is 0.348 e. The molecule has 2 heterocycles. The van der Waals surface area contributed by atoms with Crippen molar-refractivity contribution in [2.24, 2.45) is 0 Å². The van der Waals surface area contributed by atoms with E-state index in [4.69, 9.17) is 0 Å². The highest BCUT2D eigenvalue weighted by molar-refractivity contribution is 5.85. The summed E-state index contributed by atoms with van der Waals surface area (Å²) < 4.78 is 2.30. The molecule has 27 heavy (non-hydrogen) atoms. The van der Waals surface area contributed by atoms with Gasteiger partial charge in [0.15, 0.2) is 6.20 Å². The van der Waals surface area contributed by atoms with E-state index in [9.17, 15) is 0 Å². The van der Waals surface area contributed by atoms with Crippen molar-refractivity contribution in [3.8, 4) is 0 Å². The SMILES string of the molecule is CCN1C=C[C@@H](CC=Cc2cc[n+](CC)c3ccccc23)c2ccccc21. The van der Waals surface area contributed by atoms with Crippen LogP contribution in [0, 0.1) is 0 Å². The number of benzene rings is 2. The molecule has 0 N–H and O–H groups in total. The average Bonchev–Trinajstić information content (AvgIpc) is 2.74. The third-order valence-corrected chi connectivity index (χ3v) is 5.47. The van der Waals surface area contributed by atoms with Crippen molar-refractivity contribution < 1.29 is 4.57 Å². The van der Waals surface area contributed by atoms with Gasteiger partial charge in [0.25, 0.3) is 0 Å². The van der Waals surface area contributed by atoms with Crippen LogP contribution in [-0.2, 0) is 6.54 Å². The summed E-state index contributed by atoms with van der Waals surface area (Å²) in [4.78, 5) is 2.32. The van der Waals surface area contributed by atoms with Gasteiger partial charge in [-0.15, -0.1) is 0 Å².